The Hall–Kier alpha value is -14.3. The lowest BCUT2D eigenvalue weighted by Gasteiger charge is -2.29. The molecule has 0 radical (unpaired) electrons. The summed E-state index contributed by atoms with van der Waals surface area (Å²) in [7, 11) is 0. The minimum atomic E-state index is -2.31. The minimum absolute atomic E-state index is 0.00726. The van der Waals surface area contributed by atoms with Crippen LogP contribution in [-0.4, -0.2) is 308 Å². The predicted molar refractivity (Wildman–Crippen MR) is 475 cm³/mol. The van der Waals surface area contributed by atoms with E-state index < -0.39 is 304 Å². The third kappa shape index (κ3) is 40.8. The van der Waals surface area contributed by atoms with Crippen LogP contribution in [0.4, 0.5) is 0 Å². The first-order valence-corrected chi connectivity index (χ1v) is 43.2. The van der Waals surface area contributed by atoms with Gasteiger partial charge in [0.25, 0.3) is 0 Å². The molecule has 3 aromatic carbocycles. The summed E-state index contributed by atoms with van der Waals surface area (Å²) in [6.07, 6.45) is -6.86. The van der Waals surface area contributed by atoms with Crippen LogP contribution in [0.2, 0.25) is 0 Å². The Kier molecular flexibility index (Phi) is 48.4. The second-order valence-electron chi connectivity index (χ2n) is 32.6. The molecule has 135 heavy (non-hydrogen) atoms. The molecule has 0 spiro atoms. The Balaban J connectivity index is 1.95. The van der Waals surface area contributed by atoms with E-state index in [0.717, 1.165) is 0 Å². The number of hydrogen-bond donors (Lipinski definition) is 31. The summed E-state index contributed by atoms with van der Waals surface area (Å²) in [5.41, 5.74) is 30.0. The normalized spacial score (nSPS) is 21.4. The van der Waals surface area contributed by atoms with Gasteiger partial charge < -0.3 is 160 Å². The van der Waals surface area contributed by atoms with Gasteiger partial charge >= 0.3 is 17.9 Å². The molecule has 744 valence electrons. The lowest BCUT2D eigenvalue weighted by molar-refractivity contribution is -0.143. The van der Waals surface area contributed by atoms with Gasteiger partial charge in [-0.25, -0.2) is 4.79 Å². The van der Waals surface area contributed by atoms with Crippen LogP contribution in [0.15, 0.2) is 78.9 Å². The van der Waals surface area contributed by atoms with Gasteiger partial charge in [-0.3, -0.25) is 96.5 Å². The molecule has 1 fully saturated rings. The number of carboxylic acid groups (broad SMARTS) is 3. The fraction of sp³-hybridized carbons (Fsp3) is 0.536. The quantitative estimate of drug-likeness (QED) is 0.0142. The van der Waals surface area contributed by atoms with Crippen molar-refractivity contribution < 1.29 is 137 Å². The summed E-state index contributed by atoms with van der Waals surface area (Å²) in [5.74, 6) is -29.6. The number of unbranched alkanes of at least 4 members (excludes halogenated alkanes) is 2. The van der Waals surface area contributed by atoms with E-state index in [1.54, 1.807) is 19.9 Å². The highest BCUT2D eigenvalue weighted by Gasteiger charge is 2.41. The molecule has 51 heteroatoms. The zero-order chi connectivity index (χ0) is 101. The molecule has 1 aliphatic heterocycles. The topological polar surface area (TPSA) is 862 Å². The number of aliphatic hydroxyl groups is 3. The molecule has 0 bridgehead atoms. The zero-order valence-electron chi connectivity index (χ0n) is 74.8. The summed E-state index contributed by atoms with van der Waals surface area (Å²) in [6.45, 7) is 1.27. The molecule has 0 aromatic heterocycles. The molecule has 0 aliphatic carbocycles. The van der Waals surface area contributed by atoms with Crippen molar-refractivity contribution in [2.24, 2.45) is 40.5 Å². The van der Waals surface area contributed by atoms with Crippen molar-refractivity contribution in [2.75, 3.05) is 46.0 Å². The van der Waals surface area contributed by atoms with Crippen molar-refractivity contribution in [3.63, 3.8) is 0 Å². The van der Waals surface area contributed by atoms with Crippen LogP contribution in [0.1, 0.15) is 128 Å². The average Bonchev–Trinajstić information content (AvgIpc) is 0.859. The van der Waals surface area contributed by atoms with E-state index in [0.29, 0.717) is 11.1 Å². The summed E-state index contributed by atoms with van der Waals surface area (Å²) >= 11 is 0. The van der Waals surface area contributed by atoms with Gasteiger partial charge in [0.1, 0.15) is 108 Å². The Morgan fingerprint density at radius 1 is 0.437 bits per heavy atom. The van der Waals surface area contributed by atoms with E-state index >= 15 is 14.4 Å². The summed E-state index contributed by atoms with van der Waals surface area (Å²) in [5, 5.41) is 128. The molecule has 1 heterocycles. The SMILES string of the molecule is CC(C)CC1NC(=O)[C@H](C(C)C)NC(=O)C(CC(N)=O)NC(=O)[C@H](CO)NC(=O)C(CO)NC(=O)[C@H](CC(=O)O)NC(=O)C(CC(=O)O)NC(=O)[C@H](Cc2ccccc2)NC(=O)C(Cc2ccc(O)cc2)NC(=O)C(N)CNC(=O)CC(C(=O)NC(CCCCN)C(=O)N[C@@H](CCCCN)C(=O)NC(Cc2ccc(O)cc2)C(=O)N[C@@H](CCCNC(=N)N)C(=O)NC(CO)C(=O)O)NC1=O. The van der Waals surface area contributed by atoms with Gasteiger partial charge in [-0.15, -0.1) is 0 Å². The van der Waals surface area contributed by atoms with Crippen LogP contribution in [-0.2, 0) is 115 Å². The van der Waals surface area contributed by atoms with Gasteiger partial charge in [0.2, 0.25) is 100 Å². The van der Waals surface area contributed by atoms with Gasteiger partial charge in [-0.1, -0.05) is 82.3 Å². The Morgan fingerprint density at radius 2 is 0.822 bits per heavy atom. The van der Waals surface area contributed by atoms with E-state index in [1.165, 1.54) is 86.6 Å². The number of aromatic hydroxyl groups is 2. The lowest BCUT2D eigenvalue weighted by Crippen LogP contribution is -2.62. The number of aliphatic carboxylic acids is 3. The maximum Gasteiger partial charge on any atom is 0.328 e. The number of phenolic OH excluding ortho intramolecular Hbond substituents is 2. The number of hydrogen-bond acceptors (Lipinski definition) is 29. The van der Waals surface area contributed by atoms with E-state index in [2.05, 4.69) is 74.4 Å². The molecule has 4 rings (SSSR count). The molecule has 10 unspecified atom stereocenters. The first kappa shape index (κ1) is 113. The van der Waals surface area contributed by atoms with E-state index in [1.807, 2.05) is 16.0 Å². The first-order chi connectivity index (χ1) is 63.8. The molecule has 17 amide bonds. The van der Waals surface area contributed by atoms with Crippen LogP contribution in [0.25, 0.3) is 0 Å². The number of aliphatic hydroxyl groups excluding tert-OH is 3. The number of nitrogens with one attached hydrogen (secondary N) is 18. The number of carbonyl (C=O) groups excluding carboxylic acids is 17. The number of phenols is 2. The highest BCUT2D eigenvalue weighted by molar-refractivity contribution is 6.03. The standard InChI is InChI=1S/C84H125N23O28/c1-41(2)29-52-72(123)100-57(76(127)94-49(15-8-10-26-85)69(120)93-50(16-9-11-27-86)70(121)97-55(32-45-20-24-47(112)25-21-45)73(124)95-51(17-12-28-91-84(89)90)71(122)106-62(40-110)83(134)135)34-64(114)92-37-48(87)68(119)96-53(31-44-18-22-46(111)23-19-44)74(125)98-54(30-43-13-6-5-7-14-43)75(126)101-58(35-65(115)116)77(128)102-59(36-66(117)118)78(129)104-61(39-109)81(132)105-60(38-108)80(131)99-56(33-63(88)113)79(130)107-67(42(3)4)82(133)103-52/h5-7,13-14,18-25,41-42,48-62,67,108-112H,8-12,15-17,26-40,85-87H2,1-4H3,(H2,88,113)(H,92,114)(H,93,120)(H,94,127)(H,95,124)(H,96,119)(H,97,121)(H,98,125)(H,99,131)(H,100,123)(H,101,126)(H,102,128)(H,103,133)(H,104,129)(H,105,132)(H,106,122)(H,107,130)(H,115,116)(H,117,118)(H,134,135)(H4,89,90,91)/t48?,49?,50-,51-,52?,53?,54-,55?,56?,57?,58?,59-,60-,61?,62?,67-/m0/s1. The van der Waals surface area contributed by atoms with Crippen molar-refractivity contribution in [2.45, 2.75) is 227 Å². The third-order valence-electron chi connectivity index (χ3n) is 20.7. The number of guanidine groups is 1. The third-order valence-corrected chi connectivity index (χ3v) is 20.7. The van der Waals surface area contributed by atoms with Crippen LogP contribution >= 0.6 is 0 Å². The number of carboxylic acids is 3. The summed E-state index contributed by atoms with van der Waals surface area (Å²) in [4.78, 5) is 282. The number of amides is 17. The number of primary amides is 1. The van der Waals surface area contributed by atoms with Crippen molar-refractivity contribution >= 4 is 124 Å². The summed E-state index contributed by atoms with van der Waals surface area (Å²) < 4.78 is 0. The number of benzene rings is 3. The maximum atomic E-state index is 15.3. The van der Waals surface area contributed by atoms with Crippen molar-refractivity contribution in [1.29, 1.82) is 5.41 Å². The van der Waals surface area contributed by atoms with Gasteiger partial charge in [-0.2, -0.15) is 0 Å². The molecular weight excluding hydrogens is 1780 g/mol. The lowest BCUT2D eigenvalue weighted by atomic mass is 9.99. The highest BCUT2D eigenvalue weighted by atomic mass is 16.4. The Morgan fingerprint density at radius 3 is 1.26 bits per heavy atom. The van der Waals surface area contributed by atoms with Crippen LogP contribution in [0.3, 0.4) is 0 Å². The molecule has 3 aromatic rings. The van der Waals surface area contributed by atoms with E-state index in [4.69, 9.17) is 34.1 Å². The van der Waals surface area contributed by atoms with Gasteiger partial charge in [0, 0.05) is 32.4 Å². The smallest absolute Gasteiger partial charge is 0.328 e. The monoisotopic (exact) mass is 1900 g/mol. The molecule has 51 nitrogen and oxygen atoms in total. The molecule has 1 aliphatic rings. The van der Waals surface area contributed by atoms with Crippen molar-refractivity contribution in [1.82, 2.24) is 90.4 Å². The molecular formula is C84H125N23O28. The fourth-order valence-corrected chi connectivity index (χ4v) is 13.4. The largest absolute Gasteiger partial charge is 0.508 e. The second-order valence-corrected chi connectivity index (χ2v) is 32.6. The Bertz CT molecular complexity index is 4590. The average molecular weight is 1910 g/mol. The van der Waals surface area contributed by atoms with Crippen LogP contribution in [0.5, 0.6) is 11.5 Å². The van der Waals surface area contributed by atoms with Crippen LogP contribution < -0.4 is 119 Å². The molecule has 0 saturated carbocycles. The second kappa shape index (κ2) is 57.9. The first-order valence-electron chi connectivity index (χ1n) is 43.2. The van der Waals surface area contributed by atoms with Gasteiger partial charge in [0.05, 0.1) is 45.5 Å². The molecule has 1 saturated heterocycles. The van der Waals surface area contributed by atoms with Gasteiger partial charge in [-0.05, 0) is 124 Å². The number of carbonyl (C=O) groups is 20. The predicted octanol–water partition coefficient (Wildman–Crippen LogP) is -10.6. The van der Waals surface area contributed by atoms with E-state index in [-0.39, 0.29) is 94.5 Å². The molecule has 36 N–H and O–H groups in total. The number of nitrogens with two attached hydrogens (primary N) is 5. The van der Waals surface area contributed by atoms with E-state index in [9.17, 15) is 122 Å². The highest BCUT2D eigenvalue weighted by Crippen LogP contribution is 2.18. The van der Waals surface area contributed by atoms with Crippen molar-refractivity contribution in [3.8, 4) is 11.5 Å². The number of rotatable bonds is 41. The van der Waals surface area contributed by atoms with Crippen molar-refractivity contribution in [3.05, 3.63) is 95.6 Å². The van der Waals surface area contributed by atoms with Gasteiger partial charge in [0.15, 0.2) is 5.96 Å². The molecule has 16 atom stereocenters. The van der Waals surface area contributed by atoms with Crippen LogP contribution in [0, 0.1) is 17.2 Å². The fourth-order valence-electron chi connectivity index (χ4n) is 13.4. The summed E-state index contributed by atoms with van der Waals surface area (Å²) in [6, 6.07) is -12.9. The maximum absolute atomic E-state index is 15.3. The Labute approximate surface area is 774 Å². The zero-order valence-corrected chi connectivity index (χ0v) is 74.8. The minimum Gasteiger partial charge on any atom is -0.508 e.